The highest BCUT2D eigenvalue weighted by Crippen LogP contribution is 2.61. The number of hydrogen-bond acceptors (Lipinski definition) is 6. The van der Waals surface area contributed by atoms with Crippen molar-refractivity contribution in [1.82, 2.24) is 25.5 Å². The van der Waals surface area contributed by atoms with Gasteiger partial charge in [0.2, 0.25) is 0 Å². The van der Waals surface area contributed by atoms with Gasteiger partial charge in [-0.2, -0.15) is 4.68 Å². The van der Waals surface area contributed by atoms with Gasteiger partial charge in [-0.15, -0.1) is 5.10 Å². The molecule has 4 aliphatic carbocycles. The van der Waals surface area contributed by atoms with Crippen molar-refractivity contribution >= 4 is 5.97 Å². The third-order valence-corrected chi connectivity index (χ3v) is 7.75. The second-order valence-electron chi connectivity index (χ2n) is 9.49. The van der Waals surface area contributed by atoms with E-state index < -0.39 is 5.54 Å². The molecule has 7 nitrogen and oxygen atoms in total. The van der Waals surface area contributed by atoms with Crippen molar-refractivity contribution in [2.24, 2.45) is 23.7 Å². The standard InChI is InChI=1S/C23H31N5O2/c1-4-30-20(29)13-24-23(18-9-16-8-17(11-18)12-19(23)10-16)22-25-26-27-28(22)21-14(2)6-5-7-15(21)3/h5-7,16-19,24H,4,8-13H2,1-3H3. The highest BCUT2D eigenvalue weighted by molar-refractivity contribution is 5.71. The largest absolute Gasteiger partial charge is 0.465 e. The number of tetrazole rings is 1. The Morgan fingerprint density at radius 2 is 1.77 bits per heavy atom. The van der Waals surface area contributed by atoms with Crippen LogP contribution >= 0.6 is 0 Å². The molecule has 30 heavy (non-hydrogen) atoms. The number of aryl methyl sites for hydroxylation is 2. The molecule has 1 aromatic carbocycles. The number of rotatable bonds is 6. The lowest BCUT2D eigenvalue weighted by Crippen LogP contribution is -2.64. The van der Waals surface area contributed by atoms with E-state index in [-0.39, 0.29) is 12.5 Å². The first-order chi connectivity index (χ1) is 14.5. The van der Waals surface area contributed by atoms with Crippen LogP contribution in [0.15, 0.2) is 18.2 Å². The van der Waals surface area contributed by atoms with Gasteiger partial charge in [0, 0.05) is 0 Å². The number of ether oxygens (including phenoxy) is 1. The van der Waals surface area contributed by atoms with Crippen molar-refractivity contribution in [3.63, 3.8) is 0 Å². The Labute approximate surface area is 177 Å². The average Bonchev–Trinajstić information content (AvgIpc) is 3.17. The number of nitrogens with zero attached hydrogens (tertiary/aromatic N) is 4. The third kappa shape index (κ3) is 2.97. The first kappa shape index (κ1) is 19.7. The number of carbonyl (C=O) groups excluding carboxylic acids is 1. The first-order valence-electron chi connectivity index (χ1n) is 11.3. The molecule has 6 rings (SSSR count). The maximum atomic E-state index is 12.3. The zero-order valence-electron chi connectivity index (χ0n) is 18.1. The lowest BCUT2D eigenvalue weighted by molar-refractivity contribution is -0.144. The number of benzene rings is 1. The van der Waals surface area contributed by atoms with Gasteiger partial charge in [-0.3, -0.25) is 10.1 Å². The van der Waals surface area contributed by atoms with Crippen LogP contribution in [0.2, 0.25) is 0 Å². The van der Waals surface area contributed by atoms with Crippen LogP contribution in [0, 0.1) is 37.5 Å². The van der Waals surface area contributed by atoms with Crippen molar-refractivity contribution in [3.05, 3.63) is 35.2 Å². The molecule has 0 atom stereocenters. The number of carbonyl (C=O) groups is 1. The summed E-state index contributed by atoms with van der Waals surface area (Å²) in [5.41, 5.74) is 2.95. The highest BCUT2D eigenvalue weighted by atomic mass is 16.5. The summed E-state index contributed by atoms with van der Waals surface area (Å²) >= 11 is 0. The summed E-state index contributed by atoms with van der Waals surface area (Å²) < 4.78 is 7.18. The summed E-state index contributed by atoms with van der Waals surface area (Å²) in [4.78, 5) is 12.3. The zero-order chi connectivity index (χ0) is 20.9. The summed E-state index contributed by atoms with van der Waals surface area (Å²) in [7, 11) is 0. The maximum Gasteiger partial charge on any atom is 0.319 e. The fraction of sp³-hybridized carbons (Fsp3) is 0.652. The monoisotopic (exact) mass is 409 g/mol. The summed E-state index contributed by atoms with van der Waals surface area (Å²) in [5.74, 6) is 3.13. The van der Waals surface area contributed by atoms with Gasteiger partial charge in [-0.05, 0) is 98.1 Å². The second kappa shape index (κ2) is 7.45. The lowest BCUT2D eigenvalue weighted by Gasteiger charge is -2.60. The minimum atomic E-state index is -0.390. The molecule has 2 aromatic rings. The fourth-order valence-corrected chi connectivity index (χ4v) is 6.83. The predicted octanol–water partition coefficient (Wildman–Crippen LogP) is 3.08. The van der Waals surface area contributed by atoms with Gasteiger partial charge >= 0.3 is 5.97 Å². The number of nitrogens with one attached hydrogen (secondary N) is 1. The van der Waals surface area contributed by atoms with Crippen LogP contribution in [0.1, 0.15) is 56.0 Å². The van der Waals surface area contributed by atoms with E-state index in [0.29, 0.717) is 18.4 Å². The number of hydrogen-bond donors (Lipinski definition) is 1. The number of aromatic nitrogens is 4. The van der Waals surface area contributed by atoms with Crippen molar-refractivity contribution in [1.29, 1.82) is 0 Å². The van der Waals surface area contributed by atoms with Gasteiger partial charge in [-0.25, -0.2) is 0 Å². The third-order valence-electron chi connectivity index (χ3n) is 7.75. The normalized spacial score (nSPS) is 31.8. The maximum absolute atomic E-state index is 12.3. The summed E-state index contributed by atoms with van der Waals surface area (Å²) in [6.45, 7) is 6.63. The second-order valence-corrected chi connectivity index (χ2v) is 9.49. The molecule has 7 heteroatoms. The highest BCUT2D eigenvalue weighted by Gasteiger charge is 2.60. The molecule has 1 heterocycles. The topological polar surface area (TPSA) is 81.9 Å². The molecule has 1 aromatic heterocycles. The van der Waals surface area contributed by atoms with Gasteiger partial charge in [0.05, 0.1) is 24.4 Å². The van der Waals surface area contributed by atoms with Gasteiger partial charge in [0.15, 0.2) is 5.82 Å². The van der Waals surface area contributed by atoms with Crippen LogP contribution < -0.4 is 5.32 Å². The molecular weight excluding hydrogens is 378 g/mol. The molecule has 160 valence electrons. The van der Waals surface area contributed by atoms with E-state index in [9.17, 15) is 4.79 Å². The molecular formula is C23H31N5O2. The zero-order valence-corrected chi connectivity index (χ0v) is 18.1. The van der Waals surface area contributed by atoms with E-state index in [0.717, 1.165) is 34.5 Å². The van der Waals surface area contributed by atoms with Crippen LogP contribution in [-0.4, -0.2) is 39.3 Å². The molecule has 0 saturated heterocycles. The van der Waals surface area contributed by atoms with E-state index in [2.05, 4.69) is 52.9 Å². The summed E-state index contributed by atoms with van der Waals surface area (Å²) in [6.07, 6.45) is 6.10. The number of para-hydroxylation sites is 1. The molecule has 0 unspecified atom stereocenters. The van der Waals surface area contributed by atoms with Crippen molar-refractivity contribution in [3.8, 4) is 5.69 Å². The van der Waals surface area contributed by atoms with Gasteiger partial charge in [0.25, 0.3) is 0 Å². The van der Waals surface area contributed by atoms with Crippen LogP contribution in [0.3, 0.4) is 0 Å². The van der Waals surface area contributed by atoms with Crippen molar-refractivity contribution in [2.75, 3.05) is 13.2 Å². The quantitative estimate of drug-likeness (QED) is 0.739. The SMILES string of the molecule is CCOC(=O)CNC1(c2nnnn2-c2c(C)cccc2C)C2CC3CC(C2)CC1C3. The minimum absolute atomic E-state index is 0.190. The first-order valence-corrected chi connectivity index (χ1v) is 11.3. The van der Waals surface area contributed by atoms with Crippen LogP contribution in [0.4, 0.5) is 0 Å². The Balaban J connectivity index is 1.61. The molecule has 4 bridgehead atoms. The van der Waals surface area contributed by atoms with Crippen LogP contribution in [-0.2, 0) is 15.1 Å². The number of esters is 1. The Morgan fingerprint density at radius 3 is 2.37 bits per heavy atom. The lowest BCUT2D eigenvalue weighted by atomic mass is 9.48. The molecule has 0 spiro atoms. The van der Waals surface area contributed by atoms with E-state index >= 15 is 0 Å². The van der Waals surface area contributed by atoms with Crippen LogP contribution in [0.5, 0.6) is 0 Å². The van der Waals surface area contributed by atoms with Gasteiger partial charge < -0.3 is 4.74 Å². The molecule has 4 saturated carbocycles. The minimum Gasteiger partial charge on any atom is -0.465 e. The van der Waals surface area contributed by atoms with E-state index in [1.165, 1.54) is 32.1 Å². The Hall–Kier alpha value is -2.28. The average molecular weight is 410 g/mol. The molecule has 1 N–H and O–H groups in total. The van der Waals surface area contributed by atoms with E-state index in [4.69, 9.17) is 4.74 Å². The Morgan fingerprint density at radius 1 is 1.13 bits per heavy atom. The predicted molar refractivity (Wildman–Crippen MR) is 112 cm³/mol. The van der Waals surface area contributed by atoms with Gasteiger partial charge in [0.1, 0.15) is 0 Å². The van der Waals surface area contributed by atoms with E-state index in [1.807, 2.05) is 11.6 Å². The van der Waals surface area contributed by atoms with Crippen LogP contribution in [0.25, 0.3) is 5.69 Å². The van der Waals surface area contributed by atoms with Crippen molar-refractivity contribution < 1.29 is 9.53 Å². The van der Waals surface area contributed by atoms with Crippen molar-refractivity contribution in [2.45, 2.75) is 58.4 Å². The smallest absolute Gasteiger partial charge is 0.319 e. The fourth-order valence-electron chi connectivity index (χ4n) is 6.83. The summed E-state index contributed by atoms with van der Waals surface area (Å²) in [6, 6.07) is 6.27. The summed E-state index contributed by atoms with van der Waals surface area (Å²) in [5, 5.41) is 16.9. The molecule has 0 aliphatic heterocycles. The Bertz CT molecular complexity index is 905. The molecule has 4 fully saturated rings. The van der Waals surface area contributed by atoms with E-state index in [1.54, 1.807) is 0 Å². The molecule has 0 amide bonds. The Kier molecular flexibility index (Phi) is 4.88. The van der Waals surface area contributed by atoms with Gasteiger partial charge in [-0.1, -0.05) is 18.2 Å². The molecule has 4 aliphatic rings. The molecule has 0 radical (unpaired) electrons.